The summed E-state index contributed by atoms with van der Waals surface area (Å²) in [4.78, 5) is 58.1. The van der Waals surface area contributed by atoms with Gasteiger partial charge >= 0.3 is 39.9 Å². The molecule has 1 aromatic heterocycles. The number of amides is 4. The predicted octanol–water partition coefficient (Wildman–Crippen LogP) is -3.08. The van der Waals surface area contributed by atoms with Crippen LogP contribution in [0.15, 0.2) is 40.9 Å². The largest absolute Gasteiger partial charge is 1.00 e. The Morgan fingerprint density at radius 3 is 2.53 bits per heavy atom. The number of nitrogens with zero attached hydrogens (tertiary/aromatic N) is 3. The Bertz CT molecular complexity index is 1300. The van der Waals surface area contributed by atoms with Gasteiger partial charge in [0.1, 0.15) is 24.7 Å². The van der Waals surface area contributed by atoms with Gasteiger partial charge in [0, 0.05) is 11.1 Å². The van der Waals surface area contributed by atoms with Crippen LogP contribution >= 0.6 is 22.9 Å². The van der Waals surface area contributed by atoms with E-state index in [4.69, 9.17) is 11.6 Å². The first-order chi connectivity index (χ1) is 16.6. The molecule has 1 aromatic carbocycles. The maximum absolute atomic E-state index is 12.9. The van der Waals surface area contributed by atoms with Crippen LogP contribution in [0.2, 0.25) is 0 Å². The van der Waals surface area contributed by atoms with Crippen molar-refractivity contribution >= 4 is 73.4 Å². The van der Waals surface area contributed by atoms with Crippen LogP contribution in [0.3, 0.4) is 0 Å². The number of para-hydroxylation sites is 1. The van der Waals surface area contributed by atoms with Crippen molar-refractivity contribution in [3.8, 4) is 0 Å². The maximum Gasteiger partial charge on any atom is 1.00 e. The van der Waals surface area contributed by atoms with Gasteiger partial charge in [0.05, 0.1) is 0 Å². The number of aromatic nitrogens is 1. The average molecular weight is 569 g/mol. The number of benzene rings is 1. The normalized spacial score (nSPS) is 17.4. The van der Waals surface area contributed by atoms with E-state index in [0.717, 1.165) is 18.4 Å². The van der Waals surface area contributed by atoms with Gasteiger partial charge in [-0.1, -0.05) is 23.4 Å². The number of nitrogens with one attached hydrogen (secondary N) is 3. The Kier molecular flexibility index (Phi) is 10.4. The second kappa shape index (κ2) is 12.6. The van der Waals surface area contributed by atoms with E-state index in [2.05, 4.69) is 30.9 Å². The van der Waals surface area contributed by atoms with Crippen LogP contribution in [0.4, 0.5) is 10.8 Å². The Balaban J connectivity index is 0.00000342. The Morgan fingerprint density at radius 1 is 1.28 bits per heavy atom. The van der Waals surface area contributed by atoms with Crippen LogP contribution in [0.5, 0.6) is 0 Å². The minimum absolute atomic E-state index is 0. The third-order valence-corrected chi connectivity index (χ3v) is 6.31. The van der Waals surface area contributed by atoms with Crippen molar-refractivity contribution in [2.24, 2.45) is 5.16 Å². The summed E-state index contributed by atoms with van der Waals surface area (Å²) >= 11 is 6.37. The molecule has 4 amide bonds. The van der Waals surface area contributed by atoms with Crippen LogP contribution in [-0.4, -0.2) is 76.7 Å². The summed E-state index contributed by atoms with van der Waals surface area (Å²) in [5, 5.41) is 12.0. The standard InChI is InChI=1S/C18H17ClN6O8S2.Na.H/c1-33-24-12(10-8-34-18(21-10)22-11(26)7-19)15(27)23-13-14(25(17(13)29)35(30,31)32)16(28)20-9-5-3-2-4-6-9;;/h2-6,8,13-14H,7H2,1H3,(H,20,28)(H,23,27)(H,21,22,26)(H,30,31,32);;/q;+1;-1/b24-12-;;. The molecule has 36 heavy (non-hydrogen) atoms. The zero-order valence-corrected chi connectivity index (χ0v) is 23.1. The van der Waals surface area contributed by atoms with Gasteiger partial charge in [-0.25, -0.2) is 4.98 Å². The molecule has 18 heteroatoms. The van der Waals surface area contributed by atoms with Gasteiger partial charge in [0.2, 0.25) is 5.91 Å². The van der Waals surface area contributed by atoms with Gasteiger partial charge in [-0.3, -0.25) is 23.7 Å². The maximum atomic E-state index is 12.9. The summed E-state index contributed by atoms with van der Waals surface area (Å²) in [6.07, 6.45) is 0. The summed E-state index contributed by atoms with van der Waals surface area (Å²) < 4.78 is 32.7. The van der Waals surface area contributed by atoms with Crippen LogP contribution in [0, 0.1) is 0 Å². The zero-order valence-electron chi connectivity index (χ0n) is 19.7. The van der Waals surface area contributed by atoms with Crippen molar-refractivity contribution < 1.29 is 68.0 Å². The fraction of sp³-hybridized carbons (Fsp3) is 0.222. The Morgan fingerprint density at radius 2 is 1.94 bits per heavy atom. The first-order valence-electron chi connectivity index (χ1n) is 9.47. The predicted molar refractivity (Wildman–Crippen MR) is 125 cm³/mol. The summed E-state index contributed by atoms with van der Waals surface area (Å²) in [7, 11) is -3.97. The Hall–Kier alpha value is -2.60. The van der Waals surface area contributed by atoms with Gasteiger partial charge in [-0.15, -0.1) is 22.9 Å². The van der Waals surface area contributed by atoms with E-state index in [1.165, 1.54) is 17.5 Å². The molecule has 2 aromatic rings. The molecule has 0 spiro atoms. The van der Waals surface area contributed by atoms with Gasteiger partial charge < -0.3 is 22.2 Å². The number of β-lactam (4-membered cyclic amide) rings is 1. The molecule has 0 aliphatic carbocycles. The van der Waals surface area contributed by atoms with E-state index < -0.39 is 51.7 Å². The Labute approximate surface area is 237 Å². The minimum Gasteiger partial charge on any atom is -1.00 e. The molecule has 2 atom stereocenters. The van der Waals surface area contributed by atoms with Crippen molar-refractivity contribution in [2.45, 2.75) is 12.1 Å². The van der Waals surface area contributed by atoms with E-state index >= 15 is 0 Å². The van der Waals surface area contributed by atoms with Gasteiger partial charge in [-0.05, 0) is 12.1 Å². The molecule has 1 aliphatic rings. The molecule has 4 N–H and O–H groups in total. The molecule has 0 saturated carbocycles. The average Bonchev–Trinajstić information content (AvgIpc) is 3.26. The number of hydrogen-bond acceptors (Lipinski definition) is 10. The summed E-state index contributed by atoms with van der Waals surface area (Å²) in [6, 6.07) is 4.45. The fourth-order valence-electron chi connectivity index (χ4n) is 2.95. The van der Waals surface area contributed by atoms with E-state index in [9.17, 15) is 32.1 Å². The van der Waals surface area contributed by atoms with Gasteiger partial charge in [-0.2, -0.15) is 12.7 Å². The van der Waals surface area contributed by atoms with E-state index in [1.807, 2.05) is 0 Å². The molecule has 2 unspecified atom stereocenters. The fourth-order valence-corrected chi connectivity index (χ4v) is 4.58. The summed E-state index contributed by atoms with van der Waals surface area (Å²) in [5.41, 5.74) is -0.203. The van der Waals surface area contributed by atoms with Gasteiger partial charge in [0.15, 0.2) is 16.9 Å². The smallest absolute Gasteiger partial charge is 1.00 e. The van der Waals surface area contributed by atoms with Crippen molar-refractivity contribution in [1.29, 1.82) is 0 Å². The van der Waals surface area contributed by atoms with Crippen molar-refractivity contribution in [1.82, 2.24) is 14.6 Å². The second-order valence-corrected chi connectivity index (χ2v) is 9.12. The second-order valence-electron chi connectivity index (χ2n) is 6.71. The number of thiazole rings is 1. The molecular weight excluding hydrogens is 551 g/mol. The number of rotatable bonds is 9. The first kappa shape index (κ1) is 29.6. The molecule has 3 rings (SSSR count). The minimum atomic E-state index is -5.11. The number of carbonyl (C=O) groups is 4. The van der Waals surface area contributed by atoms with Gasteiger partial charge in [0.25, 0.3) is 17.7 Å². The number of alkyl halides is 1. The van der Waals surface area contributed by atoms with Crippen molar-refractivity contribution in [3.05, 3.63) is 41.4 Å². The van der Waals surface area contributed by atoms with Crippen molar-refractivity contribution in [2.75, 3.05) is 23.6 Å². The summed E-state index contributed by atoms with van der Waals surface area (Å²) in [5.74, 6) is -4.14. The van der Waals surface area contributed by atoms with Crippen molar-refractivity contribution in [3.63, 3.8) is 0 Å². The molecule has 188 valence electrons. The summed E-state index contributed by atoms with van der Waals surface area (Å²) in [6.45, 7) is 0. The molecular formula is C18H18ClN6NaO8S2. The van der Waals surface area contributed by atoms with E-state index in [1.54, 1.807) is 18.2 Å². The third kappa shape index (κ3) is 6.78. The number of hydrogen-bond donors (Lipinski definition) is 4. The molecule has 1 saturated heterocycles. The molecule has 1 fully saturated rings. The SMILES string of the molecule is CO/N=C(\C(=O)NC1C(=O)N(S(=O)(=O)O)C1C(=O)Nc1ccccc1)c1csc(NC(=O)CCl)n1.[H-].[Na+]. The third-order valence-electron chi connectivity index (χ3n) is 4.41. The number of carbonyl (C=O) groups excluding carboxylic acids is 4. The van der Waals surface area contributed by atoms with Crippen LogP contribution < -0.4 is 45.5 Å². The number of halogens is 1. The zero-order chi connectivity index (χ0) is 25.8. The van der Waals surface area contributed by atoms with Crippen LogP contribution in [-0.2, 0) is 34.3 Å². The molecule has 0 bridgehead atoms. The topological polar surface area (TPSA) is 196 Å². The van der Waals surface area contributed by atoms with E-state index in [-0.39, 0.29) is 57.7 Å². The van der Waals surface area contributed by atoms with Crippen LogP contribution in [0.25, 0.3) is 0 Å². The van der Waals surface area contributed by atoms with Crippen LogP contribution in [0.1, 0.15) is 7.12 Å². The molecule has 14 nitrogen and oxygen atoms in total. The quantitative estimate of drug-likeness (QED) is 0.0605. The first-order valence-corrected chi connectivity index (χ1v) is 12.3. The van der Waals surface area contributed by atoms with E-state index in [0.29, 0.717) is 0 Å². The molecule has 1 aliphatic heterocycles. The number of anilines is 2. The molecule has 2 heterocycles. The monoisotopic (exact) mass is 568 g/mol. The number of oxime groups is 1. The molecule has 0 radical (unpaired) electrons.